The Hall–Kier alpha value is -1.66. The average molecular weight is 426 g/mol. The molecule has 0 spiro atoms. The van der Waals surface area contributed by atoms with Crippen molar-refractivity contribution in [2.75, 3.05) is 5.32 Å². The Morgan fingerprint density at radius 2 is 2.00 bits per heavy atom. The third kappa shape index (κ3) is 3.96. The first-order valence-electron chi connectivity index (χ1n) is 7.95. The van der Waals surface area contributed by atoms with Crippen LogP contribution in [0.4, 0.5) is 10.1 Å². The summed E-state index contributed by atoms with van der Waals surface area (Å²) in [7, 11) is 0. The lowest BCUT2D eigenvalue weighted by atomic mass is 9.97. The fourth-order valence-electron chi connectivity index (χ4n) is 2.59. The maximum Gasteiger partial charge on any atom is 0.129 e. The predicted molar refractivity (Wildman–Crippen MR) is 103 cm³/mol. The van der Waals surface area contributed by atoms with Gasteiger partial charge in [0.1, 0.15) is 11.3 Å². The minimum Gasteiger partial charge on any atom is -0.380 e. The summed E-state index contributed by atoms with van der Waals surface area (Å²) in [6, 6.07) is 8.58. The smallest absolute Gasteiger partial charge is 0.129 e. The first-order chi connectivity index (χ1) is 11.8. The number of halogens is 3. The Labute approximate surface area is 159 Å². The highest BCUT2D eigenvalue weighted by Crippen LogP contribution is 2.32. The van der Waals surface area contributed by atoms with Gasteiger partial charge in [-0.15, -0.1) is 5.10 Å². The van der Waals surface area contributed by atoms with Gasteiger partial charge in [0.25, 0.3) is 0 Å². The summed E-state index contributed by atoms with van der Waals surface area (Å²) in [6.07, 6.45) is 0. The normalized spacial score (nSPS) is 11.9. The van der Waals surface area contributed by atoms with E-state index in [-0.39, 0.29) is 17.8 Å². The summed E-state index contributed by atoms with van der Waals surface area (Å²) >= 11 is 9.66. The quantitative estimate of drug-likeness (QED) is 0.588. The van der Waals surface area contributed by atoms with Crippen molar-refractivity contribution in [2.45, 2.75) is 33.9 Å². The van der Waals surface area contributed by atoms with Crippen LogP contribution in [-0.4, -0.2) is 15.0 Å². The maximum absolute atomic E-state index is 13.9. The topological polar surface area (TPSA) is 42.7 Å². The summed E-state index contributed by atoms with van der Waals surface area (Å²) in [4.78, 5) is 0. The van der Waals surface area contributed by atoms with Crippen molar-refractivity contribution in [3.05, 3.63) is 51.2 Å². The molecule has 3 aromatic rings. The zero-order chi connectivity index (χ0) is 18.2. The fourth-order valence-corrected chi connectivity index (χ4v) is 3.38. The highest BCUT2D eigenvalue weighted by atomic mass is 79.9. The highest BCUT2D eigenvalue weighted by Gasteiger charge is 2.17. The molecule has 25 heavy (non-hydrogen) atoms. The highest BCUT2D eigenvalue weighted by molar-refractivity contribution is 9.10. The third-order valence-electron chi connectivity index (χ3n) is 3.77. The molecule has 1 heterocycles. The number of nitrogens with zero attached hydrogens (tertiary/aromatic N) is 3. The molecule has 1 N–H and O–H groups in total. The van der Waals surface area contributed by atoms with E-state index >= 15 is 0 Å². The van der Waals surface area contributed by atoms with Gasteiger partial charge >= 0.3 is 0 Å². The van der Waals surface area contributed by atoms with E-state index in [0.717, 1.165) is 27.7 Å². The molecule has 3 rings (SSSR count). The van der Waals surface area contributed by atoms with Gasteiger partial charge in [-0.2, -0.15) is 0 Å². The maximum atomic E-state index is 13.9. The number of hydrogen-bond donors (Lipinski definition) is 1. The lowest BCUT2D eigenvalue weighted by Gasteiger charge is -2.18. The fraction of sp³-hybridized carbons (Fsp3) is 0.333. The van der Waals surface area contributed by atoms with Crippen molar-refractivity contribution < 1.29 is 4.39 Å². The van der Waals surface area contributed by atoms with Crippen LogP contribution < -0.4 is 5.32 Å². The van der Waals surface area contributed by atoms with Crippen LogP contribution in [0.5, 0.6) is 0 Å². The number of rotatable bonds is 4. The molecule has 0 atom stereocenters. The number of benzene rings is 2. The first kappa shape index (κ1) is 18.1. The molecule has 0 aliphatic heterocycles. The van der Waals surface area contributed by atoms with Crippen molar-refractivity contribution >= 4 is 44.3 Å². The summed E-state index contributed by atoms with van der Waals surface area (Å²) in [5.41, 5.74) is 3.08. The van der Waals surface area contributed by atoms with Crippen LogP contribution in [0.15, 0.2) is 34.8 Å². The van der Waals surface area contributed by atoms with E-state index in [4.69, 9.17) is 11.6 Å². The molecule has 2 aromatic carbocycles. The number of anilines is 1. The average Bonchev–Trinajstić information content (AvgIpc) is 2.90. The molecule has 0 bridgehead atoms. The second-order valence-electron chi connectivity index (χ2n) is 7.16. The Morgan fingerprint density at radius 3 is 2.68 bits per heavy atom. The van der Waals surface area contributed by atoms with Crippen LogP contribution >= 0.6 is 27.5 Å². The molecule has 0 unspecified atom stereocenters. The molecule has 0 saturated carbocycles. The first-order valence-corrected chi connectivity index (χ1v) is 9.12. The molecule has 0 aliphatic carbocycles. The zero-order valence-electron chi connectivity index (χ0n) is 14.3. The molecule has 0 saturated heterocycles. The van der Waals surface area contributed by atoms with Gasteiger partial charge in [-0.1, -0.05) is 43.7 Å². The zero-order valence-corrected chi connectivity index (χ0v) is 16.6. The molecular formula is C18H19BrClFN4. The summed E-state index contributed by atoms with van der Waals surface area (Å²) in [6.45, 7) is 7.52. The van der Waals surface area contributed by atoms with Crippen molar-refractivity contribution in [1.82, 2.24) is 15.0 Å². The van der Waals surface area contributed by atoms with Crippen LogP contribution in [0.2, 0.25) is 5.02 Å². The van der Waals surface area contributed by atoms with Gasteiger partial charge < -0.3 is 5.32 Å². The van der Waals surface area contributed by atoms with Crippen molar-refractivity contribution in [2.24, 2.45) is 5.41 Å². The van der Waals surface area contributed by atoms with E-state index in [2.05, 4.69) is 52.3 Å². The van der Waals surface area contributed by atoms with Crippen molar-refractivity contribution in [3.63, 3.8) is 0 Å². The lowest BCUT2D eigenvalue weighted by Crippen LogP contribution is -2.16. The van der Waals surface area contributed by atoms with Gasteiger partial charge in [-0.05, 0) is 45.6 Å². The van der Waals surface area contributed by atoms with Gasteiger partial charge in [-0.3, -0.25) is 0 Å². The second-order valence-corrected chi connectivity index (χ2v) is 8.36. The molecule has 0 aliphatic rings. The minimum absolute atomic E-state index is 0.103. The largest absolute Gasteiger partial charge is 0.380 e. The molecule has 0 radical (unpaired) electrons. The van der Waals surface area contributed by atoms with Gasteiger partial charge in [0, 0.05) is 23.7 Å². The predicted octanol–water partition coefficient (Wildman–Crippen LogP) is 5.64. The Morgan fingerprint density at radius 1 is 1.24 bits per heavy atom. The van der Waals surface area contributed by atoms with Crippen molar-refractivity contribution in [1.29, 1.82) is 0 Å². The summed E-state index contributed by atoms with van der Waals surface area (Å²) < 4.78 is 16.6. The molecule has 1 aromatic heterocycles. The molecule has 0 amide bonds. The number of nitrogens with one attached hydrogen (secondary N) is 1. The van der Waals surface area contributed by atoms with E-state index in [9.17, 15) is 4.39 Å². The van der Waals surface area contributed by atoms with Crippen LogP contribution in [0.1, 0.15) is 26.3 Å². The lowest BCUT2D eigenvalue weighted by molar-refractivity contribution is 0.327. The van der Waals surface area contributed by atoms with Crippen molar-refractivity contribution in [3.8, 4) is 0 Å². The summed E-state index contributed by atoms with van der Waals surface area (Å²) in [5, 5.41) is 12.2. The molecule has 0 fully saturated rings. The third-order valence-corrected chi connectivity index (χ3v) is 4.92. The van der Waals surface area contributed by atoms with E-state index in [1.807, 2.05) is 16.8 Å². The van der Waals surface area contributed by atoms with Gasteiger partial charge in [0.2, 0.25) is 0 Å². The summed E-state index contributed by atoms with van der Waals surface area (Å²) in [5.74, 6) is -0.326. The van der Waals surface area contributed by atoms with E-state index in [1.165, 1.54) is 6.07 Å². The Bertz CT molecular complexity index is 897. The standard InChI is InChI=1S/C18H19BrClFN4/c1-18(2,3)10-25-15-8-7-14(16(19)17(15)23-24-25)22-9-11-12(20)5-4-6-13(11)21/h4-8,22H,9-10H2,1-3H3. The molecule has 7 heteroatoms. The van der Waals surface area contributed by atoms with Gasteiger partial charge in [0.15, 0.2) is 0 Å². The van der Waals surface area contributed by atoms with Crippen LogP contribution in [0.25, 0.3) is 11.0 Å². The minimum atomic E-state index is -0.326. The number of fused-ring (bicyclic) bond motifs is 1. The SMILES string of the molecule is CC(C)(C)Cn1nnc2c(Br)c(NCc3c(F)cccc3Cl)ccc21. The Kier molecular flexibility index (Phi) is 5.02. The van der Waals surface area contributed by atoms with Gasteiger partial charge in [-0.25, -0.2) is 9.07 Å². The van der Waals surface area contributed by atoms with Crippen LogP contribution in [0.3, 0.4) is 0 Å². The van der Waals surface area contributed by atoms with E-state index in [1.54, 1.807) is 12.1 Å². The van der Waals surface area contributed by atoms with E-state index in [0.29, 0.717) is 10.6 Å². The second kappa shape index (κ2) is 6.92. The molecule has 132 valence electrons. The van der Waals surface area contributed by atoms with Crippen LogP contribution in [-0.2, 0) is 13.1 Å². The molecule has 4 nitrogen and oxygen atoms in total. The van der Waals surface area contributed by atoms with Gasteiger partial charge in [0.05, 0.1) is 15.7 Å². The van der Waals surface area contributed by atoms with Crippen LogP contribution in [0, 0.1) is 11.2 Å². The Balaban J connectivity index is 1.87. The monoisotopic (exact) mass is 424 g/mol. The van der Waals surface area contributed by atoms with E-state index < -0.39 is 0 Å². The number of hydrogen-bond acceptors (Lipinski definition) is 3. The molecular weight excluding hydrogens is 407 g/mol. The number of aromatic nitrogens is 3.